The zero-order chi connectivity index (χ0) is 63.2. The Hall–Kier alpha value is -12.1. The van der Waals surface area contributed by atoms with E-state index >= 15 is 0 Å². The van der Waals surface area contributed by atoms with Gasteiger partial charge in [-0.25, -0.2) is 19.9 Å². The van der Waals surface area contributed by atoms with Gasteiger partial charge in [-0.15, -0.1) is 22.7 Å². The van der Waals surface area contributed by atoms with Crippen molar-refractivity contribution in [3.63, 3.8) is 0 Å². The fourth-order valence-corrected chi connectivity index (χ4v) is 17.0. The lowest BCUT2D eigenvalue weighted by Gasteiger charge is -2.13. The SMILES string of the molecule is c1ccc(-c2cc(-c3cccc(-c4cccc5c4sc4ccc6ccc7c(-c8cccc(-c9ccc(-c%10nc(-c%11ccccc%11)nc(-c%11ccc(-c%12cccc%13c%12sc%12ccc%14ccc%15ccccc%15c%14c%12%13)cc%11)n%10)cc9)c8)cccc7c6c45)c3)cc(-c3ccccc3)n2)cc1. The van der Waals surface area contributed by atoms with Crippen LogP contribution in [0.2, 0.25) is 0 Å². The van der Waals surface area contributed by atoms with Gasteiger partial charge < -0.3 is 0 Å². The first-order valence-corrected chi connectivity index (χ1v) is 34.1. The molecule has 0 atom stereocenters. The predicted octanol–water partition coefficient (Wildman–Crippen LogP) is 25.3. The molecule has 0 saturated carbocycles. The second kappa shape index (κ2) is 22.9. The highest BCUT2D eigenvalue weighted by molar-refractivity contribution is 7.27. The number of nitrogens with zero attached hydrogens (tertiary/aromatic N) is 4. The highest BCUT2D eigenvalue weighted by Crippen LogP contribution is 2.48. The molecule has 96 heavy (non-hydrogen) atoms. The molecule has 0 aliphatic carbocycles. The summed E-state index contributed by atoms with van der Waals surface area (Å²) >= 11 is 3.76. The van der Waals surface area contributed by atoms with E-state index in [-0.39, 0.29) is 0 Å². The average molecular weight is 1260 g/mol. The molecule has 0 N–H and O–H groups in total. The van der Waals surface area contributed by atoms with Crippen LogP contribution in [0.4, 0.5) is 0 Å². The summed E-state index contributed by atoms with van der Waals surface area (Å²) in [6, 6.07) is 118. The summed E-state index contributed by atoms with van der Waals surface area (Å²) in [5.74, 6) is 1.88. The molecule has 19 aromatic rings. The van der Waals surface area contributed by atoms with Crippen LogP contribution in [0.1, 0.15) is 0 Å². The van der Waals surface area contributed by atoms with Gasteiger partial charge in [0.2, 0.25) is 0 Å². The standard InChI is InChI=1S/C90H54N4S2/c1-4-18-58(19-5-1)78-53-69(54-79(91-78)59-20-6-2-7-21-59)66-25-13-27-68(52-66)73-31-16-34-77-85-81(96-87(73)77)50-47-61-45-48-74-70(29-14-32-75(74)83(61)85)67-26-12-24-65(51-67)55-35-41-63(42-36-55)89-92-88(62-22-8-3-9-23-62)93-90(94-89)64-43-38-57(39-44-64)72-30-15-33-76-84-80(95-86(72)76)49-46-60-40-37-56-17-10-11-28-71(56)82(60)84/h1-54H. The van der Waals surface area contributed by atoms with Crippen LogP contribution in [0.5, 0.6) is 0 Å². The Morgan fingerprint density at radius 3 is 1.16 bits per heavy atom. The molecular weight excluding hydrogens is 1200 g/mol. The summed E-state index contributed by atoms with van der Waals surface area (Å²) in [5.41, 5.74) is 18.5. The molecule has 15 aromatic carbocycles. The lowest BCUT2D eigenvalue weighted by Crippen LogP contribution is -2.00. The molecular formula is C90H54N4S2. The van der Waals surface area contributed by atoms with E-state index in [0.29, 0.717) is 17.5 Å². The van der Waals surface area contributed by atoms with Crippen LogP contribution in [0, 0.1) is 0 Å². The van der Waals surface area contributed by atoms with Gasteiger partial charge in [-0.2, -0.15) is 0 Å². The van der Waals surface area contributed by atoms with E-state index in [1.54, 1.807) is 0 Å². The first-order chi connectivity index (χ1) is 47.5. The van der Waals surface area contributed by atoms with E-state index in [9.17, 15) is 0 Å². The van der Waals surface area contributed by atoms with Crippen LogP contribution in [0.25, 0.3) is 196 Å². The summed E-state index contributed by atoms with van der Waals surface area (Å²) in [5, 5.41) is 15.3. The molecule has 0 aliphatic rings. The quantitative estimate of drug-likeness (QED) is 0.128. The van der Waals surface area contributed by atoms with E-state index in [1.165, 1.54) is 106 Å². The Morgan fingerprint density at radius 2 is 0.573 bits per heavy atom. The van der Waals surface area contributed by atoms with E-state index < -0.39 is 0 Å². The predicted molar refractivity (Wildman–Crippen MR) is 408 cm³/mol. The summed E-state index contributed by atoms with van der Waals surface area (Å²) < 4.78 is 5.14. The fraction of sp³-hybridized carbons (Fsp3) is 0. The van der Waals surface area contributed by atoms with Crippen molar-refractivity contribution in [2.45, 2.75) is 0 Å². The summed E-state index contributed by atoms with van der Waals surface area (Å²) in [6.45, 7) is 0. The minimum Gasteiger partial charge on any atom is -0.248 e. The van der Waals surface area contributed by atoms with Crippen LogP contribution in [-0.4, -0.2) is 19.9 Å². The van der Waals surface area contributed by atoms with Crippen LogP contribution in [0.3, 0.4) is 0 Å². The molecule has 0 radical (unpaired) electrons. The molecule has 4 heterocycles. The van der Waals surface area contributed by atoms with Crippen molar-refractivity contribution in [2.24, 2.45) is 0 Å². The molecule has 6 heteroatoms. The fourth-order valence-electron chi connectivity index (χ4n) is 14.5. The second-order valence-electron chi connectivity index (χ2n) is 24.7. The van der Waals surface area contributed by atoms with Gasteiger partial charge in [0.05, 0.1) is 11.4 Å². The third kappa shape index (κ3) is 9.56. The van der Waals surface area contributed by atoms with Crippen LogP contribution >= 0.6 is 22.7 Å². The van der Waals surface area contributed by atoms with E-state index in [0.717, 1.165) is 72.6 Å². The van der Waals surface area contributed by atoms with Crippen molar-refractivity contribution in [1.29, 1.82) is 0 Å². The normalized spacial score (nSPS) is 11.8. The Balaban J connectivity index is 0.643. The molecule has 0 spiro atoms. The van der Waals surface area contributed by atoms with E-state index in [2.05, 4.69) is 309 Å². The Morgan fingerprint density at radius 1 is 0.188 bits per heavy atom. The molecule has 4 aromatic heterocycles. The number of benzene rings is 15. The monoisotopic (exact) mass is 1250 g/mol. The molecule has 0 amide bonds. The smallest absolute Gasteiger partial charge is 0.164 e. The number of pyridine rings is 1. The van der Waals surface area contributed by atoms with Gasteiger partial charge in [-0.3, -0.25) is 0 Å². The zero-order valence-corrected chi connectivity index (χ0v) is 53.4. The van der Waals surface area contributed by atoms with Gasteiger partial charge in [-0.1, -0.05) is 291 Å². The van der Waals surface area contributed by atoms with Gasteiger partial charge >= 0.3 is 0 Å². The molecule has 0 fully saturated rings. The first kappa shape index (κ1) is 55.6. The minimum absolute atomic E-state index is 0.621. The van der Waals surface area contributed by atoms with Crippen molar-refractivity contribution in [2.75, 3.05) is 0 Å². The van der Waals surface area contributed by atoms with Crippen LogP contribution in [-0.2, 0) is 0 Å². The van der Waals surface area contributed by atoms with Crippen LogP contribution in [0.15, 0.2) is 328 Å². The van der Waals surface area contributed by atoms with Gasteiger partial charge in [0.1, 0.15) is 0 Å². The lowest BCUT2D eigenvalue weighted by molar-refractivity contribution is 1.07. The Labute approximate surface area is 562 Å². The van der Waals surface area contributed by atoms with Crippen molar-refractivity contribution in [3.8, 4) is 112 Å². The topological polar surface area (TPSA) is 51.6 Å². The summed E-state index contributed by atoms with van der Waals surface area (Å²) in [7, 11) is 0. The van der Waals surface area contributed by atoms with Crippen molar-refractivity contribution in [3.05, 3.63) is 328 Å². The average Bonchev–Trinajstić information content (AvgIpc) is 1.53. The Kier molecular flexibility index (Phi) is 13.3. The minimum atomic E-state index is 0.621. The number of rotatable bonds is 10. The van der Waals surface area contributed by atoms with Gasteiger partial charge in [-0.05, 0) is 135 Å². The maximum atomic E-state index is 5.20. The first-order valence-electron chi connectivity index (χ1n) is 32.5. The Bertz CT molecular complexity index is 6240. The number of thiophene rings is 2. The number of hydrogen-bond donors (Lipinski definition) is 0. The zero-order valence-electron chi connectivity index (χ0n) is 51.8. The largest absolute Gasteiger partial charge is 0.248 e. The van der Waals surface area contributed by atoms with Crippen molar-refractivity contribution in [1.82, 2.24) is 19.9 Å². The molecule has 0 saturated heterocycles. The molecule has 19 rings (SSSR count). The summed E-state index contributed by atoms with van der Waals surface area (Å²) in [4.78, 5) is 20.6. The molecule has 0 aliphatic heterocycles. The summed E-state index contributed by atoms with van der Waals surface area (Å²) in [6.07, 6.45) is 0. The number of hydrogen-bond acceptors (Lipinski definition) is 6. The highest BCUT2D eigenvalue weighted by Gasteiger charge is 2.21. The number of fused-ring (bicyclic) bond motifs is 14. The second-order valence-corrected chi connectivity index (χ2v) is 26.8. The van der Waals surface area contributed by atoms with Crippen molar-refractivity contribution >= 4 is 106 Å². The van der Waals surface area contributed by atoms with E-state index in [4.69, 9.17) is 19.9 Å². The molecule has 0 unspecified atom stereocenters. The lowest BCUT2D eigenvalue weighted by atomic mass is 9.91. The van der Waals surface area contributed by atoms with Gasteiger partial charge in [0.15, 0.2) is 17.5 Å². The highest BCUT2D eigenvalue weighted by atomic mass is 32.1. The molecule has 0 bridgehead atoms. The maximum absolute atomic E-state index is 5.20. The third-order valence-electron chi connectivity index (χ3n) is 19.1. The van der Waals surface area contributed by atoms with E-state index in [1.807, 2.05) is 40.9 Å². The van der Waals surface area contributed by atoms with Gasteiger partial charge in [0, 0.05) is 68.2 Å². The van der Waals surface area contributed by atoms with Crippen LogP contribution < -0.4 is 0 Å². The number of aromatic nitrogens is 4. The molecule has 446 valence electrons. The third-order valence-corrected chi connectivity index (χ3v) is 21.5. The molecule has 4 nitrogen and oxygen atoms in total. The van der Waals surface area contributed by atoms with Gasteiger partial charge in [0.25, 0.3) is 0 Å². The van der Waals surface area contributed by atoms with Crippen molar-refractivity contribution < 1.29 is 0 Å². The maximum Gasteiger partial charge on any atom is 0.164 e.